The Bertz CT molecular complexity index is 638. The highest BCUT2D eigenvalue weighted by molar-refractivity contribution is 5.99. The van der Waals surface area contributed by atoms with E-state index in [1.165, 1.54) is 0 Å². The van der Waals surface area contributed by atoms with Crippen molar-refractivity contribution in [1.29, 1.82) is 0 Å². The van der Waals surface area contributed by atoms with Gasteiger partial charge in [-0.2, -0.15) is 5.10 Å². The number of anilines is 1. The molecule has 1 aliphatic heterocycles. The summed E-state index contributed by atoms with van der Waals surface area (Å²) in [6, 6.07) is 5.78. The Morgan fingerprint density at radius 3 is 2.95 bits per heavy atom. The monoisotopic (exact) mass is 299 g/mol. The third-order valence-corrected chi connectivity index (χ3v) is 4.04. The highest BCUT2D eigenvalue weighted by atomic mass is 16.2. The molecule has 3 rings (SSSR count). The van der Waals surface area contributed by atoms with Crippen molar-refractivity contribution in [3.63, 3.8) is 0 Å². The van der Waals surface area contributed by atoms with Gasteiger partial charge in [-0.1, -0.05) is 0 Å². The quantitative estimate of drug-likeness (QED) is 0.861. The molecule has 0 bridgehead atoms. The molecule has 22 heavy (non-hydrogen) atoms. The van der Waals surface area contributed by atoms with E-state index in [2.05, 4.69) is 10.1 Å². The summed E-state index contributed by atoms with van der Waals surface area (Å²) in [6.45, 7) is 1.54. The Labute approximate surface area is 130 Å². The Balaban J connectivity index is 1.82. The fourth-order valence-corrected chi connectivity index (χ4v) is 2.99. The van der Waals surface area contributed by atoms with Crippen molar-refractivity contribution in [2.45, 2.75) is 25.4 Å². The number of pyridine rings is 1. The van der Waals surface area contributed by atoms with Crippen LogP contribution in [-0.2, 0) is 6.54 Å². The molecule has 1 saturated heterocycles. The van der Waals surface area contributed by atoms with Crippen LogP contribution in [-0.4, -0.2) is 52.3 Å². The summed E-state index contributed by atoms with van der Waals surface area (Å²) >= 11 is 0. The van der Waals surface area contributed by atoms with Crippen molar-refractivity contribution in [2.24, 2.45) is 0 Å². The van der Waals surface area contributed by atoms with Crippen LogP contribution in [0.5, 0.6) is 0 Å². The zero-order valence-electron chi connectivity index (χ0n) is 13.0. The van der Waals surface area contributed by atoms with E-state index in [1.54, 1.807) is 12.4 Å². The van der Waals surface area contributed by atoms with Gasteiger partial charge in [-0.15, -0.1) is 0 Å². The average molecular weight is 299 g/mol. The lowest BCUT2D eigenvalue weighted by molar-refractivity contribution is 0.0722. The van der Waals surface area contributed by atoms with Gasteiger partial charge < -0.3 is 9.80 Å². The third kappa shape index (κ3) is 2.81. The van der Waals surface area contributed by atoms with Crippen LogP contribution < -0.4 is 4.90 Å². The largest absolute Gasteiger partial charge is 0.362 e. The maximum absolute atomic E-state index is 12.9. The number of hydrogen-bond donors (Lipinski definition) is 0. The molecule has 1 fully saturated rings. The fraction of sp³-hybridized carbons (Fsp3) is 0.438. The molecule has 0 spiro atoms. The van der Waals surface area contributed by atoms with E-state index in [1.807, 2.05) is 53.0 Å². The number of carbonyl (C=O) groups is 1. The molecule has 0 aromatic carbocycles. The second-order valence-corrected chi connectivity index (χ2v) is 5.79. The smallest absolute Gasteiger partial charge is 0.257 e. The van der Waals surface area contributed by atoms with Crippen molar-refractivity contribution < 1.29 is 4.79 Å². The predicted molar refractivity (Wildman–Crippen MR) is 84.8 cm³/mol. The van der Waals surface area contributed by atoms with E-state index in [0.29, 0.717) is 5.56 Å². The van der Waals surface area contributed by atoms with Crippen LogP contribution in [0.2, 0.25) is 0 Å². The minimum absolute atomic E-state index is 0.0615. The van der Waals surface area contributed by atoms with Crippen molar-refractivity contribution in [3.8, 4) is 0 Å². The topological polar surface area (TPSA) is 54.3 Å². The van der Waals surface area contributed by atoms with E-state index < -0.39 is 0 Å². The molecule has 1 amide bonds. The highest BCUT2D eigenvalue weighted by Crippen LogP contribution is 2.24. The number of carbonyl (C=O) groups excluding carboxylic acids is 1. The van der Waals surface area contributed by atoms with Crippen LogP contribution in [0.15, 0.2) is 36.8 Å². The summed E-state index contributed by atoms with van der Waals surface area (Å²) in [5.74, 6) is 0.781. The average Bonchev–Trinajstić information content (AvgIpc) is 3.19. The Morgan fingerprint density at radius 1 is 1.36 bits per heavy atom. The molecule has 0 aliphatic carbocycles. The first kappa shape index (κ1) is 14.6. The maximum atomic E-state index is 12.9. The third-order valence-electron chi connectivity index (χ3n) is 4.04. The second-order valence-electron chi connectivity index (χ2n) is 5.79. The zero-order chi connectivity index (χ0) is 15.5. The van der Waals surface area contributed by atoms with Crippen LogP contribution in [0.1, 0.15) is 23.2 Å². The molecule has 116 valence electrons. The zero-order valence-corrected chi connectivity index (χ0v) is 13.0. The van der Waals surface area contributed by atoms with Gasteiger partial charge in [0.15, 0.2) is 0 Å². The molecule has 0 N–H and O–H groups in total. The van der Waals surface area contributed by atoms with Gasteiger partial charge in [0.1, 0.15) is 5.82 Å². The summed E-state index contributed by atoms with van der Waals surface area (Å²) in [5.41, 5.74) is 0.667. The number of aromatic nitrogens is 3. The standard InChI is InChI=1S/C16H21N5O/c1-19(2)15-14(7-3-8-17-15)16(22)21-11-4-6-13(21)12-20-10-5-9-18-20/h3,5,7-10,13H,4,6,11-12H2,1-2H3/t13-/m1/s1. The van der Waals surface area contributed by atoms with Gasteiger partial charge in [0, 0.05) is 39.2 Å². The van der Waals surface area contributed by atoms with Crippen LogP contribution in [0.3, 0.4) is 0 Å². The van der Waals surface area contributed by atoms with Gasteiger partial charge >= 0.3 is 0 Å². The second kappa shape index (κ2) is 6.17. The Hall–Kier alpha value is -2.37. The van der Waals surface area contributed by atoms with E-state index in [4.69, 9.17) is 0 Å². The van der Waals surface area contributed by atoms with Crippen molar-refractivity contribution in [3.05, 3.63) is 42.4 Å². The first-order chi connectivity index (χ1) is 10.7. The summed E-state index contributed by atoms with van der Waals surface area (Å²) in [7, 11) is 3.81. The first-order valence-electron chi connectivity index (χ1n) is 7.57. The molecule has 2 aromatic rings. The molecular weight excluding hydrogens is 278 g/mol. The molecule has 6 nitrogen and oxygen atoms in total. The van der Waals surface area contributed by atoms with Gasteiger partial charge in [0.2, 0.25) is 0 Å². The number of nitrogens with zero attached hydrogens (tertiary/aromatic N) is 5. The van der Waals surface area contributed by atoms with Crippen molar-refractivity contribution in [2.75, 3.05) is 25.5 Å². The summed E-state index contributed by atoms with van der Waals surface area (Å²) in [5, 5.41) is 4.25. The van der Waals surface area contributed by atoms with E-state index in [9.17, 15) is 4.79 Å². The lowest BCUT2D eigenvalue weighted by atomic mass is 10.1. The number of amides is 1. The SMILES string of the molecule is CN(C)c1ncccc1C(=O)N1CCC[C@@H]1Cn1cccn1. The first-order valence-corrected chi connectivity index (χ1v) is 7.57. The fourth-order valence-electron chi connectivity index (χ4n) is 2.99. The van der Waals surface area contributed by atoms with Gasteiger partial charge in [0.05, 0.1) is 18.2 Å². The maximum Gasteiger partial charge on any atom is 0.257 e. The number of rotatable bonds is 4. The minimum Gasteiger partial charge on any atom is -0.362 e. The lowest BCUT2D eigenvalue weighted by Gasteiger charge is -2.26. The minimum atomic E-state index is 0.0615. The Kier molecular flexibility index (Phi) is 4.09. The molecular formula is C16H21N5O. The molecule has 0 radical (unpaired) electrons. The molecule has 1 aliphatic rings. The lowest BCUT2D eigenvalue weighted by Crippen LogP contribution is -2.38. The Morgan fingerprint density at radius 2 is 2.23 bits per heavy atom. The summed E-state index contributed by atoms with van der Waals surface area (Å²) in [6.07, 6.45) is 7.48. The molecule has 0 unspecified atom stereocenters. The number of hydrogen-bond acceptors (Lipinski definition) is 4. The van der Waals surface area contributed by atoms with Crippen molar-refractivity contribution >= 4 is 11.7 Å². The number of likely N-dealkylation sites (tertiary alicyclic amines) is 1. The van der Waals surface area contributed by atoms with E-state index in [0.717, 1.165) is 31.7 Å². The van der Waals surface area contributed by atoms with Gasteiger partial charge in [0.25, 0.3) is 5.91 Å². The normalized spacial score (nSPS) is 17.7. The summed E-state index contributed by atoms with van der Waals surface area (Å²) in [4.78, 5) is 21.1. The van der Waals surface area contributed by atoms with Gasteiger partial charge in [-0.05, 0) is 31.0 Å². The predicted octanol–water partition coefficient (Wildman–Crippen LogP) is 1.65. The van der Waals surface area contributed by atoms with E-state index >= 15 is 0 Å². The molecule has 1 atom stereocenters. The van der Waals surface area contributed by atoms with Gasteiger partial charge in [-0.25, -0.2) is 4.98 Å². The van der Waals surface area contributed by atoms with E-state index in [-0.39, 0.29) is 11.9 Å². The van der Waals surface area contributed by atoms with Crippen molar-refractivity contribution in [1.82, 2.24) is 19.7 Å². The van der Waals surface area contributed by atoms with Crippen LogP contribution in [0.25, 0.3) is 0 Å². The highest BCUT2D eigenvalue weighted by Gasteiger charge is 2.31. The molecule has 0 saturated carbocycles. The van der Waals surface area contributed by atoms with Crippen LogP contribution in [0.4, 0.5) is 5.82 Å². The van der Waals surface area contributed by atoms with Gasteiger partial charge in [-0.3, -0.25) is 9.48 Å². The molecule has 6 heteroatoms. The van der Waals surface area contributed by atoms with Crippen LogP contribution >= 0.6 is 0 Å². The molecule has 3 heterocycles. The van der Waals surface area contributed by atoms with Crippen LogP contribution in [0, 0.1) is 0 Å². The molecule has 2 aromatic heterocycles. The summed E-state index contributed by atoms with van der Waals surface area (Å²) < 4.78 is 1.90.